The highest BCUT2D eigenvalue weighted by Gasteiger charge is 2.06. The highest BCUT2D eigenvalue weighted by molar-refractivity contribution is 5.87. The fraction of sp³-hybridized carbons (Fsp3) is 0.222. The number of aromatic carboxylic acids is 1. The quantitative estimate of drug-likeness (QED) is 0.708. The van der Waals surface area contributed by atoms with Crippen LogP contribution in [0.1, 0.15) is 22.6 Å². The Labute approximate surface area is 134 Å². The number of rotatable bonds is 6. The fourth-order valence-electron chi connectivity index (χ4n) is 2.58. The molecule has 0 aliphatic carbocycles. The molecule has 0 saturated carbocycles. The highest BCUT2D eigenvalue weighted by Crippen LogP contribution is 2.16. The molecule has 0 amide bonds. The molecular weight excluding hydrogens is 292 g/mol. The Hall–Kier alpha value is -2.82. The number of ether oxygens (including phenoxy) is 1. The molecule has 0 radical (unpaired) electrons. The van der Waals surface area contributed by atoms with Crippen molar-refractivity contribution in [3.8, 4) is 5.75 Å². The zero-order valence-electron chi connectivity index (χ0n) is 12.9. The first kappa shape index (κ1) is 15.1. The molecule has 118 valence electrons. The molecule has 3 aromatic rings. The third-order valence-corrected chi connectivity index (χ3v) is 3.74. The molecule has 5 heteroatoms. The van der Waals surface area contributed by atoms with E-state index < -0.39 is 5.97 Å². The van der Waals surface area contributed by atoms with Gasteiger partial charge in [0.05, 0.1) is 23.2 Å². The van der Waals surface area contributed by atoms with Gasteiger partial charge >= 0.3 is 5.97 Å². The van der Waals surface area contributed by atoms with Gasteiger partial charge < -0.3 is 14.4 Å². The average Bonchev–Trinajstić information content (AvgIpc) is 2.87. The summed E-state index contributed by atoms with van der Waals surface area (Å²) in [4.78, 5) is 15.3. The van der Waals surface area contributed by atoms with Gasteiger partial charge in [0.1, 0.15) is 11.6 Å². The van der Waals surface area contributed by atoms with E-state index >= 15 is 0 Å². The Morgan fingerprint density at radius 3 is 2.65 bits per heavy atom. The molecule has 0 aliphatic rings. The number of carboxylic acids is 1. The van der Waals surface area contributed by atoms with Gasteiger partial charge in [-0.2, -0.15) is 0 Å². The molecule has 0 saturated heterocycles. The largest absolute Gasteiger partial charge is 0.494 e. The van der Waals surface area contributed by atoms with Crippen molar-refractivity contribution in [3.05, 3.63) is 59.9 Å². The molecule has 0 unspecified atom stereocenters. The first-order chi connectivity index (χ1) is 11.1. The predicted octanol–water partition coefficient (Wildman–Crippen LogP) is 3.51. The van der Waals surface area contributed by atoms with Crippen molar-refractivity contribution in [3.63, 3.8) is 0 Å². The zero-order chi connectivity index (χ0) is 16.2. The van der Waals surface area contributed by atoms with Gasteiger partial charge in [0.2, 0.25) is 0 Å². The SMILES string of the molecule is Cc1nc2ccccc2n1CCCOc1ccc(C(=O)O)cc1. The van der Waals surface area contributed by atoms with Gasteiger partial charge in [-0.3, -0.25) is 0 Å². The third kappa shape index (κ3) is 3.34. The monoisotopic (exact) mass is 310 g/mol. The van der Waals surface area contributed by atoms with E-state index in [0.717, 1.165) is 29.8 Å². The van der Waals surface area contributed by atoms with E-state index in [1.165, 1.54) is 0 Å². The van der Waals surface area contributed by atoms with Gasteiger partial charge in [-0.05, 0) is 49.7 Å². The van der Waals surface area contributed by atoms with Crippen LogP contribution in [-0.4, -0.2) is 27.2 Å². The van der Waals surface area contributed by atoms with Crippen LogP contribution in [0.15, 0.2) is 48.5 Å². The Kier molecular flexibility index (Phi) is 4.28. The van der Waals surface area contributed by atoms with Crippen LogP contribution in [-0.2, 0) is 6.54 Å². The molecule has 2 aromatic carbocycles. The van der Waals surface area contributed by atoms with Crippen LogP contribution in [0.3, 0.4) is 0 Å². The van der Waals surface area contributed by atoms with E-state index in [1.807, 2.05) is 25.1 Å². The number of imidazole rings is 1. The Morgan fingerprint density at radius 2 is 1.91 bits per heavy atom. The Morgan fingerprint density at radius 1 is 1.17 bits per heavy atom. The lowest BCUT2D eigenvalue weighted by molar-refractivity contribution is 0.0697. The molecule has 3 rings (SSSR count). The lowest BCUT2D eigenvalue weighted by Crippen LogP contribution is -2.06. The van der Waals surface area contributed by atoms with Gasteiger partial charge in [0.15, 0.2) is 0 Å². The number of carbonyl (C=O) groups is 1. The summed E-state index contributed by atoms with van der Waals surface area (Å²) in [5.41, 5.74) is 2.41. The van der Waals surface area contributed by atoms with Crippen LogP contribution in [0.2, 0.25) is 0 Å². The second kappa shape index (κ2) is 6.52. The number of nitrogens with zero attached hydrogens (tertiary/aromatic N) is 2. The number of aromatic nitrogens is 2. The summed E-state index contributed by atoms with van der Waals surface area (Å²) in [5.74, 6) is 0.748. The molecule has 0 atom stereocenters. The molecular formula is C18H18N2O3. The van der Waals surface area contributed by atoms with Gasteiger partial charge in [0, 0.05) is 6.54 Å². The predicted molar refractivity (Wildman–Crippen MR) is 88.0 cm³/mol. The second-order valence-electron chi connectivity index (χ2n) is 5.33. The van der Waals surface area contributed by atoms with Crippen molar-refractivity contribution < 1.29 is 14.6 Å². The van der Waals surface area contributed by atoms with Crippen LogP contribution >= 0.6 is 0 Å². The maximum absolute atomic E-state index is 10.8. The van der Waals surface area contributed by atoms with Crippen LogP contribution in [0.25, 0.3) is 11.0 Å². The maximum Gasteiger partial charge on any atom is 0.335 e. The third-order valence-electron chi connectivity index (χ3n) is 3.74. The molecule has 0 aliphatic heterocycles. The van der Waals surface area contributed by atoms with E-state index in [9.17, 15) is 4.79 Å². The summed E-state index contributed by atoms with van der Waals surface area (Å²) in [6, 6.07) is 14.5. The van der Waals surface area contributed by atoms with E-state index in [-0.39, 0.29) is 5.56 Å². The topological polar surface area (TPSA) is 64.4 Å². The molecule has 1 aromatic heterocycles. The van der Waals surface area contributed by atoms with E-state index in [0.29, 0.717) is 12.4 Å². The lowest BCUT2D eigenvalue weighted by atomic mass is 10.2. The second-order valence-corrected chi connectivity index (χ2v) is 5.33. The van der Waals surface area contributed by atoms with Crippen molar-refractivity contribution in [1.82, 2.24) is 9.55 Å². The van der Waals surface area contributed by atoms with Gasteiger partial charge in [-0.15, -0.1) is 0 Å². The van der Waals surface area contributed by atoms with Gasteiger partial charge in [0.25, 0.3) is 0 Å². The van der Waals surface area contributed by atoms with Crippen LogP contribution in [0.5, 0.6) is 5.75 Å². The Bertz CT molecular complexity index is 822. The normalized spacial score (nSPS) is 10.8. The average molecular weight is 310 g/mol. The van der Waals surface area contributed by atoms with Gasteiger partial charge in [-0.1, -0.05) is 12.1 Å². The number of fused-ring (bicyclic) bond motifs is 1. The summed E-state index contributed by atoms with van der Waals surface area (Å²) < 4.78 is 7.85. The van der Waals surface area contributed by atoms with Crippen molar-refractivity contribution in [2.75, 3.05) is 6.61 Å². The summed E-state index contributed by atoms with van der Waals surface area (Å²) in [6.45, 7) is 3.41. The smallest absolute Gasteiger partial charge is 0.335 e. The Balaban J connectivity index is 1.57. The fourth-order valence-corrected chi connectivity index (χ4v) is 2.58. The van der Waals surface area contributed by atoms with Crippen LogP contribution < -0.4 is 4.74 Å². The number of hydrogen-bond acceptors (Lipinski definition) is 3. The zero-order valence-corrected chi connectivity index (χ0v) is 12.9. The molecule has 1 heterocycles. The molecule has 23 heavy (non-hydrogen) atoms. The molecule has 1 N–H and O–H groups in total. The standard InChI is InChI=1S/C18H18N2O3/c1-13-19-16-5-2-3-6-17(16)20(13)11-4-12-23-15-9-7-14(8-10-15)18(21)22/h2-3,5-10H,4,11-12H2,1H3,(H,21,22). The van der Waals surface area contributed by atoms with Crippen molar-refractivity contribution in [2.45, 2.75) is 19.9 Å². The van der Waals surface area contributed by atoms with Crippen molar-refractivity contribution in [1.29, 1.82) is 0 Å². The molecule has 0 fully saturated rings. The minimum Gasteiger partial charge on any atom is -0.494 e. The number of hydrogen-bond donors (Lipinski definition) is 1. The van der Waals surface area contributed by atoms with Crippen molar-refractivity contribution >= 4 is 17.0 Å². The molecule has 5 nitrogen and oxygen atoms in total. The number of para-hydroxylation sites is 2. The van der Waals surface area contributed by atoms with Crippen LogP contribution in [0.4, 0.5) is 0 Å². The first-order valence-corrected chi connectivity index (χ1v) is 7.53. The van der Waals surface area contributed by atoms with Crippen molar-refractivity contribution in [2.24, 2.45) is 0 Å². The van der Waals surface area contributed by atoms with Crippen LogP contribution in [0, 0.1) is 6.92 Å². The minimum absolute atomic E-state index is 0.262. The first-order valence-electron chi connectivity index (χ1n) is 7.53. The lowest BCUT2D eigenvalue weighted by Gasteiger charge is -2.09. The van der Waals surface area contributed by atoms with E-state index in [2.05, 4.69) is 15.6 Å². The van der Waals surface area contributed by atoms with Gasteiger partial charge in [-0.25, -0.2) is 9.78 Å². The maximum atomic E-state index is 10.8. The van der Waals surface area contributed by atoms with E-state index in [1.54, 1.807) is 24.3 Å². The molecule has 0 bridgehead atoms. The summed E-state index contributed by atoms with van der Waals surface area (Å²) in [7, 11) is 0. The summed E-state index contributed by atoms with van der Waals surface area (Å²) in [6.07, 6.45) is 0.849. The highest BCUT2D eigenvalue weighted by atomic mass is 16.5. The summed E-state index contributed by atoms with van der Waals surface area (Å²) >= 11 is 0. The molecule has 0 spiro atoms. The van der Waals surface area contributed by atoms with E-state index in [4.69, 9.17) is 9.84 Å². The minimum atomic E-state index is -0.931. The number of carboxylic acid groups (broad SMARTS) is 1. The number of aryl methyl sites for hydroxylation is 2. The summed E-state index contributed by atoms with van der Waals surface area (Å²) in [5, 5.41) is 8.86. The number of benzene rings is 2.